The van der Waals surface area contributed by atoms with E-state index in [0.717, 1.165) is 13.0 Å². The lowest BCUT2D eigenvalue weighted by atomic mass is 9.99. The number of hydrogen-bond acceptors (Lipinski definition) is 3. The van der Waals surface area contributed by atoms with E-state index in [9.17, 15) is 0 Å². The quantitative estimate of drug-likeness (QED) is 0.919. The molecule has 2 heterocycles. The lowest BCUT2D eigenvalue weighted by Crippen LogP contribution is -2.36. The van der Waals surface area contributed by atoms with Crippen LogP contribution in [0.2, 0.25) is 0 Å². The Bertz CT molecular complexity index is 667. The van der Waals surface area contributed by atoms with Crippen molar-refractivity contribution >= 4 is 10.8 Å². The van der Waals surface area contributed by atoms with Gasteiger partial charge in [0.2, 0.25) is 0 Å². The van der Waals surface area contributed by atoms with E-state index in [1.54, 1.807) is 0 Å². The van der Waals surface area contributed by atoms with Gasteiger partial charge in [0.1, 0.15) is 12.2 Å². The number of hydrogen-bond donors (Lipinski definition) is 1. The third-order valence-electron chi connectivity index (χ3n) is 4.47. The topological polar surface area (TPSA) is 30.5 Å². The van der Waals surface area contributed by atoms with E-state index >= 15 is 0 Å². The van der Waals surface area contributed by atoms with Crippen molar-refractivity contribution in [2.24, 2.45) is 0 Å². The first-order chi connectivity index (χ1) is 10.1. The highest BCUT2D eigenvalue weighted by molar-refractivity contribution is 5.83. The smallest absolute Gasteiger partial charge is 0.163 e. The highest BCUT2D eigenvalue weighted by Gasteiger charge is 2.48. The van der Waals surface area contributed by atoms with E-state index < -0.39 is 5.79 Å². The van der Waals surface area contributed by atoms with E-state index in [2.05, 4.69) is 47.8 Å². The minimum Gasteiger partial charge on any atom is -0.343 e. The summed E-state index contributed by atoms with van der Waals surface area (Å²) in [6, 6.07) is 15.5. The molecule has 0 aromatic heterocycles. The molecule has 2 aliphatic heterocycles. The minimum absolute atomic E-state index is 0.159. The Hall–Kier alpha value is -1.42. The molecule has 0 amide bonds. The second kappa shape index (κ2) is 4.80. The number of ether oxygens (including phenoxy) is 2. The fourth-order valence-electron chi connectivity index (χ4n) is 3.55. The predicted molar refractivity (Wildman–Crippen MR) is 83.3 cm³/mol. The molecule has 3 heteroatoms. The lowest BCUT2D eigenvalue weighted by Gasteiger charge is -2.22. The monoisotopic (exact) mass is 283 g/mol. The van der Waals surface area contributed by atoms with Crippen molar-refractivity contribution in [3.05, 3.63) is 48.0 Å². The molecule has 3 nitrogen and oxygen atoms in total. The Morgan fingerprint density at radius 2 is 1.90 bits per heavy atom. The highest BCUT2D eigenvalue weighted by atomic mass is 16.8. The fourth-order valence-corrected chi connectivity index (χ4v) is 3.55. The predicted octanol–water partition coefficient (Wildman–Crippen LogP) is 2.87. The summed E-state index contributed by atoms with van der Waals surface area (Å²) in [5, 5.41) is 6.13. The standard InChI is InChI=1S/C18H21NO2/c1-18(2)20-16-11-19-15(17(16)21-18)10-12-7-8-13-5-3-4-6-14(13)9-12/h3-9,15-17,19H,10-11H2,1-2H3/t15-,16+,17-/m0/s1. The molecule has 0 radical (unpaired) electrons. The molecular formula is C18H21NO2. The van der Waals surface area contributed by atoms with Crippen LogP contribution in [-0.4, -0.2) is 30.6 Å². The molecule has 2 aromatic rings. The van der Waals surface area contributed by atoms with Crippen LogP contribution < -0.4 is 5.32 Å². The normalized spacial score (nSPS) is 30.7. The zero-order valence-corrected chi connectivity index (χ0v) is 12.5. The molecule has 2 aromatic carbocycles. The summed E-state index contributed by atoms with van der Waals surface area (Å²) in [6.07, 6.45) is 1.32. The van der Waals surface area contributed by atoms with Crippen molar-refractivity contribution < 1.29 is 9.47 Å². The summed E-state index contributed by atoms with van der Waals surface area (Å²) < 4.78 is 12.0. The zero-order chi connectivity index (χ0) is 14.4. The first kappa shape index (κ1) is 13.3. The Kier molecular flexibility index (Phi) is 3.03. The first-order valence-electron chi connectivity index (χ1n) is 7.67. The Morgan fingerprint density at radius 3 is 2.76 bits per heavy atom. The number of nitrogens with one attached hydrogen (secondary N) is 1. The van der Waals surface area contributed by atoms with E-state index in [0.29, 0.717) is 6.04 Å². The Balaban J connectivity index is 1.55. The van der Waals surface area contributed by atoms with Gasteiger partial charge in [0.15, 0.2) is 5.79 Å². The molecule has 0 spiro atoms. The first-order valence-corrected chi connectivity index (χ1v) is 7.67. The van der Waals surface area contributed by atoms with Crippen LogP contribution in [0.3, 0.4) is 0 Å². The maximum Gasteiger partial charge on any atom is 0.163 e. The van der Waals surface area contributed by atoms with E-state index in [4.69, 9.17) is 9.47 Å². The number of fused-ring (bicyclic) bond motifs is 2. The molecule has 110 valence electrons. The summed E-state index contributed by atoms with van der Waals surface area (Å²) in [5.74, 6) is -0.445. The molecule has 3 atom stereocenters. The molecule has 2 aliphatic rings. The molecule has 0 bridgehead atoms. The van der Waals surface area contributed by atoms with Crippen LogP contribution in [0.4, 0.5) is 0 Å². The highest BCUT2D eigenvalue weighted by Crippen LogP contribution is 2.33. The van der Waals surface area contributed by atoms with Crippen LogP contribution in [0.15, 0.2) is 42.5 Å². The van der Waals surface area contributed by atoms with Crippen LogP contribution in [0.25, 0.3) is 10.8 Å². The van der Waals surface area contributed by atoms with Gasteiger partial charge in [-0.05, 0) is 36.6 Å². The van der Waals surface area contributed by atoms with Crippen molar-refractivity contribution in [2.75, 3.05) is 6.54 Å². The van der Waals surface area contributed by atoms with Crippen molar-refractivity contribution in [3.63, 3.8) is 0 Å². The summed E-state index contributed by atoms with van der Waals surface area (Å²) in [4.78, 5) is 0. The van der Waals surface area contributed by atoms with Crippen LogP contribution >= 0.6 is 0 Å². The number of benzene rings is 2. The lowest BCUT2D eigenvalue weighted by molar-refractivity contribution is -0.152. The zero-order valence-electron chi connectivity index (χ0n) is 12.5. The number of rotatable bonds is 2. The van der Waals surface area contributed by atoms with E-state index in [-0.39, 0.29) is 12.2 Å². The second-order valence-corrected chi connectivity index (χ2v) is 6.54. The van der Waals surface area contributed by atoms with E-state index in [1.807, 2.05) is 13.8 Å². The van der Waals surface area contributed by atoms with Gasteiger partial charge in [-0.2, -0.15) is 0 Å². The van der Waals surface area contributed by atoms with Crippen LogP contribution in [0.1, 0.15) is 19.4 Å². The third-order valence-corrected chi connectivity index (χ3v) is 4.47. The molecule has 4 rings (SSSR count). The molecule has 21 heavy (non-hydrogen) atoms. The largest absolute Gasteiger partial charge is 0.343 e. The fraction of sp³-hybridized carbons (Fsp3) is 0.444. The van der Waals surface area contributed by atoms with Gasteiger partial charge < -0.3 is 14.8 Å². The molecule has 2 saturated heterocycles. The average molecular weight is 283 g/mol. The van der Waals surface area contributed by atoms with Gasteiger partial charge in [0, 0.05) is 12.6 Å². The summed E-state index contributed by atoms with van der Waals surface area (Å²) in [7, 11) is 0. The van der Waals surface area contributed by atoms with Crippen LogP contribution in [-0.2, 0) is 15.9 Å². The van der Waals surface area contributed by atoms with Crippen molar-refractivity contribution in [3.8, 4) is 0 Å². The van der Waals surface area contributed by atoms with Gasteiger partial charge in [0.25, 0.3) is 0 Å². The van der Waals surface area contributed by atoms with Crippen molar-refractivity contribution in [1.82, 2.24) is 5.32 Å². The van der Waals surface area contributed by atoms with Gasteiger partial charge in [0.05, 0.1) is 0 Å². The van der Waals surface area contributed by atoms with Crippen molar-refractivity contribution in [2.45, 2.75) is 44.3 Å². The molecule has 1 N–H and O–H groups in total. The third kappa shape index (κ3) is 2.46. The van der Waals surface area contributed by atoms with Gasteiger partial charge in [-0.25, -0.2) is 0 Å². The molecule has 0 unspecified atom stereocenters. The van der Waals surface area contributed by atoms with Gasteiger partial charge >= 0.3 is 0 Å². The maximum absolute atomic E-state index is 6.06. The van der Waals surface area contributed by atoms with Gasteiger partial charge in [-0.1, -0.05) is 42.5 Å². The SMILES string of the molecule is CC1(C)O[C@H]2[C@H](Cc3ccc4ccccc4c3)NC[C@H]2O1. The van der Waals surface area contributed by atoms with Crippen LogP contribution in [0.5, 0.6) is 0 Å². The molecule has 0 aliphatic carbocycles. The maximum atomic E-state index is 6.06. The summed E-state index contributed by atoms with van der Waals surface area (Å²) in [5.41, 5.74) is 1.35. The van der Waals surface area contributed by atoms with Crippen molar-refractivity contribution in [1.29, 1.82) is 0 Å². The molecule has 0 saturated carbocycles. The van der Waals surface area contributed by atoms with Gasteiger partial charge in [-0.3, -0.25) is 0 Å². The average Bonchev–Trinajstić information content (AvgIpc) is 2.95. The van der Waals surface area contributed by atoms with Gasteiger partial charge in [-0.15, -0.1) is 0 Å². The summed E-state index contributed by atoms with van der Waals surface area (Å²) >= 11 is 0. The van der Waals surface area contributed by atoms with E-state index in [1.165, 1.54) is 16.3 Å². The molecule has 2 fully saturated rings. The van der Waals surface area contributed by atoms with Crippen LogP contribution in [0, 0.1) is 0 Å². The second-order valence-electron chi connectivity index (χ2n) is 6.54. The minimum atomic E-state index is -0.445. The summed E-state index contributed by atoms with van der Waals surface area (Å²) in [6.45, 7) is 4.88. The Labute approximate surface area is 125 Å². The Morgan fingerprint density at radius 1 is 1.10 bits per heavy atom. The molecular weight excluding hydrogens is 262 g/mol.